The van der Waals surface area contributed by atoms with Crippen LogP contribution in [0.25, 0.3) is 0 Å². The molecular weight excluding hydrogens is 172 g/mol. The highest BCUT2D eigenvalue weighted by atomic mass is 32.1. The number of nitrogens with one attached hydrogen (secondary N) is 1. The summed E-state index contributed by atoms with van der Waals surface area (Å²) in [7, 11) is 0. The molecule has 1 heterocycles. The lowest BCUT2D eigenvalue weighted by Gasteiger charge is -2.09. The SMILES string of the molecule is NC(=S)N/N=C/CN1CCCC1. The van der Waals surface area contributed by atoms with Crippen molar-refractivity contribution in [3.05, 3.63) is 0 Å². The van der Waals surface area contributed by atoms with Crippen molar-refractivity contribution < 1.29 is 0 Å². The summed E-state index contributed by atoms with van der Waals surface area (Å²) in [6.07, 6.45) is 4.40. The fourth-order valence-electron chi connectivity index (χ4n) is 1.23. The Kier molecular flexibility index (Phi) is 3.96. The molecule has 1 rings (SSSR count). The minimum Gasteiger partial charge on any atom is -0.375 e. The molecule has 0 atom stereocenters. The zero-order chi connectivity index (χ0) is 8.81. The van der Waals surface area contributed by atoms with Gasteiger partial charge in [0.2, 0.25) is 0 Å². The van der Waals surface area contributed by atoms with Crippen molar-refractivity contribution >= 4 is 23.5 Å². The van der Waals surface area contributed by atoms with Gasteiger partial charge in [0.15, 0.2) is 5.11 Å². The Bertz CT molecular complexity index is 174. The van der Waals surface area contributed by atoms with Gasteiger partial charge in [-0.1, -0.05) is 0 Å². The van der Waals surface area contributed by atoms with Gasteiger partial charge < -0.3 is 5.73 Å². The molecule has 0 aromatic carbocycles. The molecule has 0 aromatic heterocycles. The zero-order valence-electron chi connectivity index (χ0n) is 6.99. The predicted octanol–water partition coefficient (Wildman–Crippen LogP) is -0.0988. The maximum Gasteiger partial charge on any atom is 0.184 e. The molecule has 1 aliphatic rings. The molecule has 0 radical (unpaired) electrons. The maximum atomic E-state index is 5.18. The van der Waals surface area contributed by atoms with Crippen LogP contribution in [-0.4, -0.2) is 35.9 Å². The summed E-state index contributed by atoms with van der Waals surface area (Å²) in [5.74, 6) is 0. The third-order valence-corrected chi connectivity index (χ3v) is 1.90. The van der Waals surface area contributed by atoms with Crippen LogP contribution in [0.1, 0.15) is 12.8 Å². The van der Waals surface area contributed by atoms with E-state index in [1.807, 2.05) is 0 Å². The lowest BCUT2D eigenvalue weighted by molar-refractivity contribution is 0.391. The van der Waals surface area contributed by atoms with E-state index >= 15 is 0 Å². The Morgan fingerprint density at radius 2 is 2.25 bits per heavy atom. The summed E-state index contributed by atoms with van der Waals surface area (Å²) in [6, 6.07) is 0. The molecule has 3 N–H and O–H groups in total. The summed E-state index contributed by atoms with van der Waals surface area (Å²) in [5.41, 5.74) is 7.70. The van der Waals surface area contributed by atoms with E-state index in [9.17, 15) is 0 Å². The van der Waals surface area contributed by atoms with Gasteiger partial charge in [0.25, 0.3) is 0 Å². The number of nitrogens with two attached hydrogens (primary N) is 1. The van der Waals surface area contributed by atoms with Gasteiger partial charge in [-0.3, -0.25) is 10.3 Å². The van der Waals surface area contributed by atoms with Crippen LogP contribution in [-0.2, 0) is 0 Å². The van der Waals surface area contributed by atoms with Gasteiger partial charge in [0.1, 0.15) is 0 Å². The quantitative estimate of drug-likeness (QED) is 0.367. The van der Waals surface area contributed by atoms with E-state index in [1.165, 1.54) is 25.9 Å². The smallest absolute Gasteiger partial charge is 0.184 e. The largest absolute Gasteiger partial charge is 0.375 e. The Labute approximate surface area is 77.8 Å². The average molecular weight is 186 g/mol. The van der Waals surface area contributed by atoms with Crippen LogP contribution in [0.4, 0.5) is 0 Å². The van der Waals surface area contributed by atoms with Crippen LogP contribution < -0.4 is 11.2 Å². The van der Waals surface area contributed by atoms with Gasteiger partial charge in [0.05, 0.1) is 0 Å². The maximum absolute atomic E-state index is 5.18. The number of thiocarbonyl (C=S) groups is 1. The molecule has 5 heteroatoms. The second kappa shape index (κ2) is 5.05. The lowest BCUT2D eigenvalue weighted by Crippen LogP contribution is -2.26. The molecule has 0 unspecified atom stereocenters. The number of hydrogen-bond acceptors (Lipinski definition) is 3. The van der Waals surface area contributed by atoms with Gasteiger partial charge in [-0.05, 0) is 38.1 Å². The Hall–Kier alpha value is -0.680. The third-order valence-electron chi connectivity index (χ3n) is 1.80. The van der Waals surface area contributed by atoms with Crippen molar-refractivity contribution in [1.82, 2.24) is 10.3 Å². The number of hydrogen-bond donors (Lipinski definition) is 2. The molecule has 0 saturated carbocycles. The van der Waals surface area contributed by atoms with Crippen LogP contribution in [0.2, 0.25) is 0 Å². The first-order valence-electron chi connectivity index (χ1n) is 4.08. The molecule has 0 spiro atoms. The van der Waals surface area contributed by atoms with Gasteiger partial charge in [-0.2, -0.15) is 5.10 Å². The Morgan fingerprint density at radius 3 is 2.83 bits per heavy atom. The van der Waals surface area contributed by atoms with Crippen LogP contribution in [0, 0.1) is 0 Å². The normalized spacial score (nSPS) is 18.7. The van der Waals surface area contributed by atoms with E-state index in [2.05, 4.69) is 27.6 Å². The summed E-state index contributed by atoms with van der Waals surface area (Å²) >= 11 is 4.58. The minimum absolute atomic E-state index is 0.215. The topological polar surface area (TPSA) is 53.6 Å². The molecule has 0 aromatic rings. The number of rotatable bonds is 3. The molecule has 12 heavy (non-hydrogen) atoms. The number of likely N-dealkylation sites (tertiary alicyclic amines) is 1. The molecule has 68 valence electrons. The van der Waals surface area contributed by atoms with Crippen molar-refractivity contribution in [2.24, 2.45) is 10.8 Å². The van der Waals surface area contributed by atoms with E-state index in [0.717, 1.165) is 6.54 Å². The minimum atomic E-state index is 0.215. The van der Waals surface area contributed by atoms with Crippen molar-refractivity contribution in [2.45, 2.75) is 12.8 Å². The van der Waals surface area contributed by atoms with Crippen molar-refractivity contribution in [2.75, 3.05) is 19.6 Å². The first-order valence-corrected chi connectivity index (χ1v) is 4.49. The molecule has 0 aliphatic carbocycles. The second-order valence-electron chi connectivity index (χ2n) is 2.80. The van der Waals surface area contributed by atoms with Crippen LogP contribution >= 0.6 is 12.2 Å². The van der Waals surface area contributed by atoms with Crippen LogP contribution in [0.15, 0.2) is 5.10 Å². The highest BCUT2D eigenvalue weighted by molar-refractivity contribution is 7.80. The lowest BCUT2D eigenvalue weighted by atomic mass is 10.4. The molecule has 4 nitrogen and oxygen atoms in total. The Balaban J connectivity index is 2.07. The van der Waals surface area contributed by atoms with Crippen LogP contribution in [0.5, 0.6) is 0 Å². The first kappa shape index (κ1) is 9.41. The van der Waals surface area contributed by atoms with Crippen molar-refractivity contribution in [1.29, 1.82) is 0 Å². The first-order chi connectivity index (χ1) is 5.79. The standard InChI is InChI=1S/C7H14N4S/c8-7(12)10-9-3-6-11-4-1-2-5-11/h3H,1-2,4-6H2,(H3,8,10,12)/b9-3+. The Morgan fingerprint density at radius 1 is 1.58 bits per heavy atom. The van der Waals surface area contributed by atoms with Crippen molar-refractivity contribution in [3.8, 4) is 0 Å². The molecule has 1 fully saturated rings. The second-order valence-corrected chi connectivity index (χ2v) is 3.24. The van der Waals surface area contributed by atoms with Gasteiger partial charge in [0, 0.05) is 12.8 Å². The fraction of sp³-hybridized carbons (Fsp3) is 0.714. The van der Waals surface area contributed by atoms with Crippen molar-refractivity contribution in [3.63, 3.8) is 0 Å². The average Bonchev–Trinajstić information content (AvgIpc) is 2.49. The highest BCUT2D eigenvalue weighted by Gasteiger charge is 2.08. The van der Waals surface area contributed by atoms with E-state index in [-0.39, 0.29) is 5.11 Å². The molecule has 1 aliphatic heterocycles. The molecule has 1 saturated heterocycles. The zero-order valence-corrected chi connectivity index (χ0v) is 7.81. The van der Waals surface area contributed by atoms with Gasteiger partial charge in [-0.15, -0.1) is 0 Å². The molecule has 0 amide bonds. The summed E-state index contributed by atoms with van der Waals surface area (Å²) < 4.78 is 0. The summed E-state index contributed by atoms with van der Waals surface area (Å²) in [6.45, 7) is 3.24. The highest BCUT2D eigenvalue weighted by Crippen LogP contribution is 2.04. The summed E-state index contributed by atoms with van der Waals surface area (Å²) in [5, 5.41) is 4.07. The van der Waals surface area contributed by atoms with E-state index in [1.54, 1.807) is 6.21 Å². The van der Waals surface area contributed by atoms with E-state index in [4.69, 9.17) is 5.73 Å². The van der Waals surface area contributed by atoms with E-state index < -0.39 is 0 Å². The summed E-state index contributed by atoms with van der Waals surface area (Å²) in [4.78, 5) is 2.34. The number of hydrazone groups is 1. The van der Waals surface area contributed by atoms with Gasteiger partial charge >= 0.3 is 0 Å². The monoisotopic (exact) mass is 186 g/mol. The van der Waals surface area contributed by atoms with E-state index in [0.29, 0.717) is 0 Å². The van der Waals surface area contributed by atoms with Crippen LogP contribution in [0.3, 0.4) is 0 Å². The number of nitrogens with zero attached hydrogens (tertiary/aromatic N) is 2. The van der Waals surface area contributed by atoms with Gasteiger partial charge in [-0.25, -0.2) is 0 Å². The fourth-order valence-corrected chi connectivity index (χ4v) is 1.28. The molecular formula is C7H14N4S. The predicted molar refractivity (Wildman–Crippen MR) is 54.1 cm³/mol. The third kappa shape index (κ3) is 3.64. The molecule has 0 bridgehead atoms.